The van der Waals surface area contributed by atoms with E-state index in [0.717, 1.165) is 5.69 Å². The number of fused-ring (bicyclic) bond motifs is 1. The second-order valence-corrected chi connectivity index (χ2v) is 7.71. The predicted octanol–water partition coefficient (Wildman–Crippen LogP) is 3.15. The molecular weight excluding hydrogens is 448 g/mol. The zero-order valence-electron chi connectivity index (χ0n) is 18.8. The van der Waals surface area contributed by atoms with Gasteiger partial charge in [0, 0.05) is 11.8 Å². The van der Waals surface area contributed by atoms with E-state index >= 15 is 0 Å². The van der Waals surface area contributed by atoms with Crippen molar-refractivity contribution in [3.8, 4) is 34.2 Å². The van der Waals surface area contributed by atoms with Crippen molar-refractivity contribution in [2.75, 3.05) is 13.7 Å². The quantitative estimate of drug-likeness (QED) is 0.435. The number of hydrogen-bond acceptors (Lipinski definition) is 6. The minimum atomic E-state index is -0.907. The lowest BCUT2D eigenvalue weighted by molar-refractivity contribution is -0.131. The van der Waals surface area contributed by atoms with Gasteiger partial charge in [-0.05, 0) is 36.4 Å². The van der Waals surface area contributed by atoms with Gasteiger partial charge in [-0.1, -0.05) is 42.5 Å². The van der Waals surface area contributed by atoms with Crippen LogP contribution in [0.2, 0.25) is 0 Å². The molecule has 0 aliphatic carbocycles. The topological polar surface area (TPSA) is 104 Å². The van der Waals surface area contributed by atoms with E-state index in [9.17, 15) is 9.59 Å². The van der Waals surface area contributed by atoms with E-state index in [2.05, 4.69) is 16.0 Å². The van der Waals surface area contributed by atoms with Gasteiger partial charge in [0.05, 0.1) is 18.4 Å². The predicted molar refractivity (Wildman–Crippen MR) is 128 cm³/mol. The summed E-state index contributed by atoms with van der Waals surface area (Å²) in [6, 6.07) is 23.7. The third-order valence-electron chi connectivity index (χ3n) is 5.42. The number of nitrogens with zero attached hydrogens (tertiary/aromatic N) is 2. The second-order valence-electron chi connectivity index (χ2n) is 7.71. The fourth-order valence-electron chi connectivity index (χ4n) is 3.65. The fourth-order valence-corrected chi connectivity index (χ4v) is 3.65. The van der Waals surface area contributed by atoms with Gasteiger partial charge < -0.3 is 14.2 Å². The van der Waals surface area contributed by atoms with Crippen molar-refractivity contribution in [2.45, 2.75) is 6.10 Å². The smallest absolute Gasteiger partial charge is 0.283 e. The van der Waals surface area contributed by atoms with Crippen LogP contribution < -0.4 is 25.1 Å². The number of ether oxygens (including phenoxy) is 3. The number of benzene rings is 3. The minimum absolute atomic E-state index is 0.0275. The van der Waals surface area contributed by atoms with Crippen LogP contribution in [-0.2, 0) is 4.79 Å². The number of carbonyl (C=O) groups excluding carboxylic acids is 2. The summed E-state index contributed by atoms with van der Waals surface area (Å²) in [4.78, 5) is 25.8. The second kappa shape index (κ2) is 9.60. The SMILES string of the molecule is COc1cccc(-c2nn(-c3ccccc3)cc2C(=O)NNC(=O)[C@H]2COc3ccccc3O2)c1. The molecule has 2 heterocycles. The Morgan fingerprint density at radius 2 is 1.74 bits per heavy atom. The lowest BCUT2D eigenvalue weighted by atomic mass is 10.1. The van der Waals surface area contributed by atoms with Crippen molar-refractivity contribution in [1.29, 1.82) is 0 Å². The van der Waals surface area contributed by atoms with E-state index in [1.165, 1.54) is 0 Å². The Bertz CT molecular complexity index is 1370. The molecule has 2 amide bonds. The molecule has 4 aromatic rings. The van der Waals surface area contributed by atoms with Gasteiger partial charge >= 0.3 is 0 Å². The molecule has 1 aliphatic heterocycles. The molecule has 1 aromatic heterocycles. The van der Waals surface area contributed by atoms with E-state index in [4.69, 9.17) is 14.2 Å². The molecule has 35 heavy (non-hydrogen) atoms. The molecule has 5 rings (SSSR count). The van der Waals surface area contributed by atoms with Gasteiger partial charge in [0.1, 0.15) is 18.1 Å². The average molecular weight is 470 g/mol. The summed E-state index contributed by atoms with van der Waals surface area (Å²) in [7, 11) is 1.57. The Kier molecular flexibility index (Phi) is 6.04. The number of aromatic nitrogens is 2. The van der Waals surface area contributed by atoms with Crippen LogP contribution in [0.25, 0.3) is 16.9 Å². The molecule has 0 fully saturated rings. The molecule has 0 unspecified atom stereocenters. The average Bonchev–Trinajstić information content (AvgIpc) is 3.37. The van der Waals surface area contributed by atoms with E-state index < -0.39 is 17.9 Å². The molecule has 1 aliphatic rings. The molecule has 0 spiro atoms. The van der Waals surface area contributed by atoms with Crippen LogP contribution in [0.1, 0.15) is 10.4 Å². The normalized spacial score (nSPS) is 14.1. The summed E-state index contributed by atoms with van der Waals surface area (Å²) in [5.74, 6) is 0.597. The number of amides is 2. The largest absolute Gasteiger partial charge is 0.497 e. The highest BCUT2D eigenvalue weighted by Gasteiger charge is 2.28. The maximum absolute atomic E-state index is 13.1. The summed E-state index contributed by atoms with van der Waals surface area (Å²) in [6.07, 6.45) is 0.706. The van der Waals surface area contributed by atoms with Gasteiger partial charge in [0.2, 0.25) is 6.10 Å². The fraction of sp³-hybridized carbons (Fsp3) is 0.115. The first-order valence-corrected chi connectivity index (χ1v) is 10.9. The van der Waals surface area contributed by atoms with Gasteiger partial charge in [-0.2, -0.15) is 5.10 Å². The van der Waals surface area contributed by atoms with Crippen LogP contribution in [0.5, 0.6) is 17.2 Å². The van der Waals surface area contributed by atoms with Crippen molar-refractivity contribution in [2.24, 2.45) is 0 Å². The summed E-state index contributed by atoms with van der Waals surface area (Å²) >= 11 is 0. The monoisotopic (exact) mass is 470 g/mol. The lowest BCUT2D eigenvalue weighted by Crippen LogP contribution is -2.50. The molecule has 176 valence electrons. The van der Waals surface area contributed by atoms with Crippen LogP contribution in [0.3, 0.4) is 0 Å². The highest BCUT2D eigenvalue weighted by molar-refractivity contribution is 6.01. The molecule has 0 radical (unpaired) electrons. The van der Waals surface area contributed by atoms with Crippen molar-refractivity contribution < 1.29 is 23.8 Å². The Balaban J connectivity index is 1.36. The minimum Gasteiger partial charge on any atom is -0.497 e. The van der Waals surface area contributed by atoms with Gasteiger partial charge in [-0.25, -0.2) is 4.68 Å². The summed E-state index contributed by atoms with van der Waals surface area (Å²) in [5, 5.41) is 4.63. The van der Waals surface area contributed by atoms with Crippen molar-refractivity contribution in [1.82, 2.24) is 20.6 Å². The molecule has 0 saturated heterocycles. The van der Waals surface area contributed by atoms with Crippen molar-refractivity contribution >= 4 is 11.8 Å². The Morgan fingerprint density at radius 1 is 0.971 bits per heavy atom. The molecule has 9 nitrogen and oxygen atoms in total. The Hall–Kier alpha value is -4.79. The van der Waals surface area contributed by atoms with E-state index in [0.29, 0.717) is 28.5 Å². The van der Waals surface area contributed by atoms with Gasteiger partial charge in [-0.3, -0.25) is 20.4 Å². The van der Waals surface area contributed by atoms with Crippen LogP contribution in [0, 0.1) is 0 Å². The van der Waals surface area contributed by atoms with E-state index in [1.54, 1.807) is 42.3 Å². The van der Waals surface area contributed by atoms with Crippen LogP contribution in [0.4, 0.5) is 0 Å². The Labute approximate surface area is 201 Å². The third kappa shape index (κ3) is 4.65. The number of methoxy groups -OCH3 is 1. The Morgan fingerprint density at radius 3 is 2.54 bits per heavy atom. The van der Waals surface area contributed by atoms with Crippen molar-refractivity contribution in [3.05, 3.63) is 90.6 Å². The first-order valence-electron chi connectivity index (χ1n) is 10.9. The molecular formula is C26H22N4O5. The molecule has 9 heteroatoms. The van der Waals surface area contributed by atoms with Crippen molar-refractivity contribution in [3.63, 3.8) is 0 Å². The molecule has 0 saturated carbocycles. The molecule has 2 N–H and O–H groups in total. The van der Waals surface area contributed by atoms with Gasteiger partial charge in [0.15, 0.2) is 11.5 Å². The zero-order valence-corrected chi connectivity index (χ0v) is 18.8. The van der Waals surface area contributed by atoms with Crippen LogP contribution in [-0.4, -0.2) is 41.4 Å². The molecule has 1 atom stereocenters. The standard InChI is InChI=1S/C26H22N4O5/c1-33-19-11-7-8-17(14-19)24-20(15-30(29-24)18-9-3-2-4-10-18)25(31)27-28-26(32)23-16-34-21-12-5-6-13-22(21)35-23/h2-15,23H,16H2,1H3,(H,27,31)(H,28,32)/t23-/m1/s1. The van der Waals surface area contributed by atoms with Gasteiger partial charge in [-0.15, -0.1) is 0 Å². The number of rotatable bonds is 5. The van der Waals surface area contributed by atoms with Crippen LogP contribution >= 0.6 is 0 Å². The first kappa shape index (κ1) is 22.0. The zero-order chi connectivity index (χ0) is 24.2. The maximum Gasteiger partial charge on any atom is 0.283 e. The summed E-state index contributed by atoms with van der Waals surface area (Å²) in [5.41, 5.74) is 7.07. The number of nitrogens with one attached hydrogen (secondary N) is 2. The number of carbonyl (C=O) groups is 2. The third-order valence-corrected chi connectivity index (χ3v) is 5.42. The number of para-hydroxylation sites is 3. The number of hydrogen-bond donors (Lipinski definition) is 2. The highest BCUT2D eigenvalue weighted by atomic mass is 16.6. The maximum atomic E-state index is 13.1. The van der Waals surface area contributed by atoms with E-state index in [1.807, 2.05) is 54.6 Å². The lowest BCUT2D eigenvalue weighted by Gasteiger charge is -2.25. The van der Waals surface area contributed by atoms with Gasteiger partial charge in [0.25, 0.3) is 11.8 Å². The molecule has 0 bridgehead atoms. The van der Waals surface area contributed by atoms with Crippen LogP contribution in [0.15, 0.2) is 85.1 Å². The number of hydrazine groups is 1. The summed E-state index contributed by atoms with van der Waals surface area (Å²) in [6.45, 7) is 0.0275. The molecule has 3 aromatic carbocycles. The summed E-state index contributed by atoms with van der Waals surface area (Å²) < 4.78 is 18.2. The highest BCUT2D eigenvalue weighted by Crippen LogP contribution is 2.31. The first-order chi connectivity index (χ1) is 17.1. The van der Waals surface area contributed by atoms with E-state index in [-0.39, 0.29) is 12.2 Å².